The van der Waals surface area contributed by atoms with Crippen LogP contribution in [-0.4, -0.2) is 31.6 Å². The summed E-state index contributed by atoms with van der Waals surface area (Å²) in [6.45, 7) is 0. The van der Waals surface area contributed by atoms with Crippen LogP contribution in [0.2, 0.25) is 4.34 Å². The number of hydrazone groups is 1. The maximum absolute atomic E-state index is 12.4. The zero-order chi connectivity index (χ0) is 22.0. The molecular weight excluding hydrogens is 456 g/mol. The minimum atomic E-state index is -3.71. The molecule has 2 heterocycles. The van der Waals surface area contributed by atoms with Crippen LogP contribution in [0.1, 0.15) is 17.5 Å². The van der Waals surface area contributed by atoms with E-state index in [1.807, 2.05) is 30.3 Å². The zero-order valence-corrected chi connectivity index (χ0v) is 18.6. The van der Waals surface area contributed by atoms with E-state index in [2.05, 4.69) is 5.10 Å². The third kappa shape index (κ3) is 4.92. The number of rotatable bonds is 7. The number of carbonyl (C=O) groups excluding carboxylic acids is 2. The van der Waals surface area contributed by atoms with Gasteiger partial charge in [0, 0.05) is 6.42 Å². The molecule has 2 aromatic carbocycles. The summed E-state index contributed by atoms with van der Waals surface area (Å²) in [6.07, 6.45) is 0.194. The van der Waals surface area contributed by atoms with Gasteiger partial charge in [-0.25, -0.2) is 13.4 Å². The average Bonchev–Trinajstić information content (AvgIpc) is 3.35. The van der Waals surface area contributed by atoms with Crippen molar-refractivity contribution in [1.82, 2.24) is 0 Å². The summed E-state index contributed by atoms with van der Waals surface area (Å²) in [7, 11) is -3.71. The van der Waals surface area contributed by atoms with Crippen LogP contribution in [0.5, 0.6) is 0 Å². The van der Waals surface area contributed by atoms with E-state index in [0.29, 0.717) is 21.3 Å². The van der Waals surface area contributed by atoms with Gasteiger partial charge in [0.05, 0.1) is 22.2 Å². The predicted molar refractivity (Wildman–Crippen MR) is 122 cm³/mol. The van der Waals surface area contributed by atoms with Gasteiger partial charge in [-0.2, -0.15) is 5.10 Å². The van der Waals surface area contributed by atoms with Gasteiger partial charge in [-0.15, -0.1) is 11.3 Å². The number of Topliss-reactive ketones (excluding diaryl/α,β-unsaturated/α-hetero) is 1. The first kappa shape index (κ1) is 21.4. The number of ketones is 1. The Labute approximate surface area is 188 Å². The monoisotopic (exact) mass is 472 g/mol. The summed E-state index contributed by atoms with van der Waals surface area (Å²) in [5.74, 6) is -1.14. The van der Waals surface area contributed by atoms with Gasteiger partial charge in [-0.05, 0) is 35.4 Å². The van der Waals surface area contributed by atoms with Crippen molar-refractivity contribution in [3.8, 4) is 0 Å². The molecule has 4 rings (SSSR count). The molecule has 3 aromatic rings. The minimum Gasteiger partial charge on any atom is -0.298 e. The summed E-state index contributed by atoms with van der Waals surface area (Å²) in [6, 6.07) is 19.2. The highest BCUT2D eigenvalue weighted by molar-refractivity contribution is 7.94. The summed E-state index contributed by atoms with van der Waals surface area (Å²) < 4.78 is 25.1. The van der Waals surface area contributed by atoms with E-state index in [-0.39, 0.29) is 23.0 Å². The van der Waals surface area contributed by atoms with Gasteiger partial charge in [0.25, 0.3) is 5.91 Å². The van der Waals surface area contributed by atoms with Gasteiger partial charge >= 0.3 is 0 Å². The van der Waals surface area contributed by atoms with E-state index in [9.17, 15) is 18.0 Å². The normalized spacial score (nSPS) is 14.0. The smallest absolute Gasteiger partial charge is 0.253 e. The molecule has 0 N–H and O–H groups in total. The highest BCUT2D eigenvalue weighted by Gasteiger charge is 2.26. The lowest BCUT2D eigenvalue weighted by molar-refractivity contribution is -0.117. The van der Waals surface area contributed by atoms with Crippen LogP contribution in [0.25, 0.3) is 0 Å². The van der Waals surface area contributed by atoms with Crippen LogP contribution in [0.4, 0.5) is 5.69 Å². The summed E-state index contributed by atoms with van der Waals surface area (Å²) in [5.41, 5.74) is 2.84. The van der Waals surface area contributed by atoms with E-state index in [4.69, 9.17) is 11.6 Å². The second kappa shape index (κ2) is 8.74. The molecule has 1 amide bonds. The number of nitrogens with zero attached hydrogens (tertiary/aromatic N) is 2. The Hall–Kier alpha value is -2.81. The van der Waals surface area contributed by atoms with Gasteiger partial charge in [0.15, 0.2) is 15.6 Å². The number of hydrogen-bond acceptors (Lipinski definition) is 6. The van der Waals surface area contributed by atoms with Crippen LogP contribution < -0.4 is 5.01 Å². The molecule has 158 valence electrons. The molecule has 0 unspecified atom stereocenters. The first-order valence-corrected chi connectivity index (χ1v) is 12.2. The topological polar surface area (TPSA) is 83.9 Å². The number of carbonyl (C=O) groups is 2. The Kier molecular flexibility index (Phi) is 6.04. The molecule has 0 fully saturated rings. The molecule has 0 bridgehead atoms. The molecule has 9 heteroatoms. The van der Waals surface area contributed by atoms with E-state index < -0.39 is 21.4 Å². The van der Waals surface area contributed by atoms with E-state index in [0.717, 1.165) is 16.9 Å². The van der Waals surface area contributed by atoms with Gasteiger partial charge in [0.2, 0.25) is 0 Å². The standard InChI is InChI=1S/C22H17ClN2O4S2/c23-20-10-11-22(30-20)31(28,29)14-18(26)12-15-6-8-17(9-7-15)25-21(27)13-19(24-25)16-4-2-1-3-5-16/h1-11H,12-14H2. The number of amides is 1. The first-order valence-electron chi connectivity index (χ1n) is 9.36. The third-order valence-electron chi connectivity index (χ3n) is 4.67. The molecule has 31 heavy (non-hydrogen) atoms. The highest BCUT2D eigenvalue weighted by Crippen LogP contribution is 2.27. The number of anilines is 1. The predicted octanol–water partition coefficient (Wildman–Crippen LogP) is 4.13. The Bertz CT molecular complexity index is 1270. The molecule has 0 spiro atoms. The number of hydrogen-bond donors (Lipinski definition) is 0. The van der Waals surface area contributed by atoms with Crippen LogP contribution in [0, 0.1) is 0 Å². The number of thiophene rings is 1. The third-order valence-corrected chi connectivity index (χ3v) is 8.16. The van der Waals surface area contributed by atoms with E-state index in [1.165, 1.54) is 17.1 Å². The molecule has 1 aliphatic rings. The van der Waals surface area contributed by atoms with Gasteiger partial charge in [-0.3, -0.25) is 9.59 Å². The lowest BCUT2D eigenvalue weighted by Crippen LogP contribution is -2.20. The number of halogens is 1. The quantitative estimate of drug-likeness (QED) is 0.517. The lowest BCUT2D eigenvalue weighted by atomic mass is 10.1. The Morgan fingerprint density at radius 3 is 2.39 bits per heavy atom. The zero-order valence-electron chi connectivity index (χ0n) is 16.2. The second-order valence-electron chi connectivity index (χ2n) is 6.99. The van der Waals surface area contributed by atoms with Crippen molar-refractivity contribution in [3.05, 3.63) is 82.2 Å². The molecule has 0 saturated heterocycles. The Morgan fingerprint density at radius 2 is 1.74 bits per heavy atom. The van der Waals surface area contributed by atoms with Crippen molar-refractivity contribution in [2.75, 3.05) is 10.8 Å². The summed E-state index contributed by atoms with van der Waals surface area (Å²) in [5, 5.41) is 5.77. The Balaban J connectivity index is 1.43. The second-order valence-corrected chi connectivity index (χ2v) is 10.9. The summed E-state index contributed by atoms with van der Waals surface area (Å²) >= 11 is 6.72. The maximum Gasteiger partial charge on any atom is 0.253 e. The van der Waals surface area contributed by atoms with Crippen molar-refractivity contribution in [2.45, 2.75) is 17.1 Å². The minimum absolute atomic E-state index is 0.0227. The van der Waals surface area contributed by atoms with Crippen LogP contribution in [0.3, 0.4) is 0 Å². The maximum atomic E-state index is 12.4. The number of benzene rings is 2. The van der Waals surface area contributed by atoms with Crippen molar-refractivity contribution in [2.24, 2.45) is 5.10 Å². The fraction of sp³-hybridized carbons (Fsp3) is 0.136. The van der Waals surface area contributed by atoms with Crippen LogP contribution in [-0.2, 0) is 25.8 Å². The highest BCUT2D eigenvalue weighted by atomic mass is 35.5. The molecular formula is C22H17ClN2O4S2. The number of sulfone groups is 1. The molecule has 0 atom stereocenters. The fourth-order valence-electron chi connectivity index (χ4n) is 3.20. The average molecular weight is 473 g/mol. The van der Waals surface area contributed by atoms with E-state index >= 15 is 0 Å². The summed E-state index contributed by atoms with van der Waals surface area (Å²) in [4.78, 5) is 24.7. The first-order chi connectivity index (χ1) is 14.8. The molecule has 0 radical (unpaired) electrons. The van der Waals surface area contributed by atoms with Gasteiger partial charge < -0.3 is 0 Å². The lowest BCUT2D eigenvalue weighted by Gasteiger charge is -2.12. The molecule has 0 saturated carbocycles. The van der Waals surface area contributed by atoms with Crippen LogP contribution in [0.15, 0.2) is 76.0 Å². The van der Waals surface area contributed by atoms with Crippen molar-refractivity contribution >= 4 is 55.9 Å². The van der Waals surface area contributed by atoms with Crippen molar-refractivity contribution in [3.63, 3.8) is 0 Å². The van der Waals surface area contributed by atoms with Gasteiger partial charge in [-0.1, -0.05) is 54.1 Å². The van der Waals surface area contributed by atoms with Gasteiger partial charge in [0.1, 0.15) is 9.96 Å². The van der Waals surface area contributed by atoms with Crippen LogP contribution >= 0.6 is 22.9 Å². The fourth-order valence-corrected chi connectivity index (χ4v) is 6.02. The largest absolute Gasteiger partial charge is 0.298 e. The molecule has 6 nitrogen and oxygen atoms in total. The van der Waals surface area contributed by atoms with E-state index in [1.54, 1.807) is 24.3 Å². The molecule has 0 aliphatic carbocycles. The van der Waals surface area contributed by atoms with Crippen molar-refractivity contribution < 1.29 is 18.0 Å². The molecule has 1 aliphatic heterocycles. The molecule has 1 aromatic heterocycles. The Morgan fingerprint density at radius 1 is 1.03 bits per heavy atom. The van der Waals surface area contributed by atoms with Crippen molar-refractivity contribution in [1.29, 1.82) is 0 Å². The SMILES string of the molecule is O=C(Cc1ccc(N2N=C(c3ccccc3)CC2=O)cc1)CS(=O)(=O)c1ccc(Cl)s1.